The number of nitrogens with zero attached hydrogens (tertiary/aromatic N) is 2. The summed E-state index contributed by atoms with van der Waals surface area (Å²) >= 11 is 0. The second kappa shape index (κ2) is 16.2. The molecule has 0 N–H and O–H groups in total. The third-order valence-electron chi connectivity index (χ3n) is 6.30. The number of hydrogen-bond acceptors (Lipinski definition) is 0. The summed E-state index contributed by atoms with van der Waals surface area (Å²) in [6.07, 6.45) is 26.5. The molecule has 0 saturated carbocycles. The van der Waals surface area contributed by atoms with Gasteiger partial charge in [0.05, 0.1) is 6.54 Å². The lowest BCUT2D eigenvalue weighted by molar-refractivity contribution is -0.704. The number of imidazole rings is 1. The molecule has 2 rings (SSSR count). The standard InChI is InChI=1S/C28H47N2/c1-3-5-7-9-10-11-12-13-15-20-24-29-25-26-30(27-21-17-16-18-22-27)28(29)23-19-14-8-6-4-2/h16-18,21-22,25-26H,3-15,19-20,23-24H2,1-2H3/q+1. The Morgan fingerprint density at radius 3 is 1.77 bits per heavy atom. The third-order valence-corrected chi connectivity index (χ3v) is 6.30. The molecule has 2 heteroatoms. The van der Waals surface area contributed by atoms with Gasteiger partial charge in [-0.3, -0.25) is 0 Å². The summed E-state index contributed by atoms with van der Waals surface area (Å²) in [6.45, 7) is 5.76. The molecule has 0 aliphatic carbocycles. The normalized spacial score (nSPS) is 11.3. The first-order chi connectivity index (χ1) is 14.9. The van der Waals surface area contributed by atoms with Gasteiger partial charge < -0.3 is 0 Å². The molecular formula is C28H47N2+. The van der Waals surface area contributed by atoms with Crippen LogP contribution >= 0.6 is 0 Å². The van der Waals surface area contributed by atoms with Gasteiger partial charge in [-0.25, -0.2) is 4.57 Å². The zero-order chi connectivity index (χ0) is 21.3. The van der Waals surface area contributed by atoms with Gasteiger partial charge in [0.15, 0.2) is 0 Å². The van der Waals surface area contributed by atoms with E-state index in [1.54, 1.807) is 0 Å². The molecule has 0 radical (unpaired) electrons. The molecule has 0 spiro atoms. The lowest BCUT2D eigenvalue weighted by Crippen LogP contribution is -2.37. The van der Waals surface area contributed by atoms with Crippen LogP contribution in [-0.4, -0.2) is 4.57 Å². The van der Waals surface area contributed by atoms with Crippen molar-refractivity contribution in [3.05, 3.63) is 48.5 Å². The van der Waals surface area contributed by atoms with Crippen molar-refractivity contribution in [3.63, 3.8) is 0 Å². The van der Waals surface area contributed by atoms with E-state index in [2.05, 4.69) is 65.7 Å². The average Bonchev–Trinajstić information content (AvgIpc) is 3.18. The smallest absolute Gasteiger partial charge is 0.234 e. The van der Waals surface area contributed by atoms with Gasteiger partial charge in [0.25, 0.3) is 5.82 Å². The van der Waals surface area contributed by atoms with Gasteiger partial charge in [-0.05, 0) is 31.4 Å². The molecule has 0 atom stereocenters. The quantitative estimate of drug-likeness (QED) is 0.173. The van der Waals surface area contributed by atoms with E-state index in [0.29, 0.717) is 0 Å². The molecule has 1 heterocycles. The zero-order valence-corrected chi connectivity index (χ0v) is 20.0. The monoisotopic (exact) mass is 411 g/mol. The summed E-state index contributed by atoms with van der Waals surface area (Å²) in [4.78, 5) is 0. The molecule has 0 unspecified atom stereocenters. The first kappa shape index (κ1) is 24.7. The fourth-order valence-electron chi connectivity index (χ4n) is 4.41. The van der Waals surface area contributed by atoms with E-state index in [1.807, 2.05) is 0 Å². The highest BCUT2D eigenvalue weighted by atomic mass is 15.1. The second-order valence-electron chi connectivity index (χ2n) is 8.96. The predicted octanol–water partition coefficient (Wildman–Crippen LogP) is 8.20. The molecule has 30 heavy (non-hydrogen) atoms. The van der Waals surface area contributed by atoms with Crippen molar-refractivity contribution in [3.8, 4) is 5.69 Å². The lowest BCUT2D eigenvalue weighted by atomic mass is 10.1. The summed E-state index contributed by atoms with van der Waals surface area (Å²) in [7, 11) is 0. The number of aromatic nitrogens is 2. The fraction of sp³-hybridized carbons (Fsp3) is 0.679. The molecular weight excluding hydrogens is 364 g/mol. The fourth-order valence-corrected chi connectivity index (χ4v) is 4.41. The summed E-state index contributed by atoms with van der Waals surface area (Å²) in [5.74, 6) is 1.48. The van der Waals surface area contributed by atoms with Crippen LogP contribution in [0.1, 0.15) is 116 Å². The predicted molar refractivity (Wildman–Crippen MR) is 130 cm³/mol. The van der Waals surface area contributed by atoms with Gasteiger partial charge >= 0.3 is 0 Å². The van der Waals surface area contributed by atoms with Crippen LogP contribution in [0.3, 0.4) is 0 Å². The Morgan fingerprint density at radius 2 is 1.17 bits per heavy atom. The molecule has 1 aromatic carbocycles. The molecule has 0 aliphatic heterocycles. The highest BCUT2D eigenvalue weighted by Crippen LogP contribution is 2.14. The average molecular weight is 412 g/mol. The van der Waals surface area contributed by atoms with Gasteiger partial charge in [0, 0.05) is 6.42 Å². The number of para-hydroxylation sites is 1. The molecule has 0 aliphatic rings. The van der Waals surface area contributed by atoms with E-state index in [-0.39, 0.29) is 0 Å². The summed E-state index contributed by atoms with van der Waals surface area (Å²) in [6, 6.07) is 10.9. The van der Waals surface area contributed by atoms with Crippen molar-refractivity contribution in [2.45, 2.75) is 123 Å². The molecule has 168 valence electrons. The number of rotatable bonds is 18. The minimum Gasteiger partial charge on any atom is -0.234 e. The number of hydrogen-bond donors (Lipinski definition) is 0. The number of unbranched alkanes of at least 4 members (excludes halogenated alkanes) is 13. The first-order valence-electron chi connectivity index (χ1n) is 13.0. The number of benzene rings is 1. The summed E-state index contributed by atoms with van der Waals surface area (Å²) in [5.41, 5.74) is 1.29. The molecule has 0 amide bonds. The van der Waals surface area contributed by atoms with Crippen LogP contribution in [0.15, 0.2) is 42.7 Å². The molecule has 1 aromatic heterocycles. The van der Waals surface area contributed by atoms with Gasteiger partial charge in [-0.15, -0.1) is 0 Å². The summed E-state index contributed by atoms with van der Waals surface area (Å²) < 4.78 is 4.94. The van der Waals surface area contributed by atoms with Crippen molar-refractivity contribution in [1.82, 2.24) is 4.57 Å². The van der Waals surface area contributed by atoms with E-state index >= 15 is 0 Å². The number of aryl methyl sites for hydroxylation is 1. The maximum atomic E-state index is 2.53. The van der Waals surface area contributed by atoms with E-state index in [9.17, 15) is 0 Å². The summed E-state index contributed by atoms with van der Waals surface area (Å²) in [5, 5.41) is 0. The molecule has 0 saturated heterocycles. The first-order valence-corrected chi connectivity index (χ1v) is 13.0. The molecule has 2 nitrogen and oxygen atoms in total. The van der Waals surface area contributed by atoms with Gasteiger partial charge in [-0.2, -0.15) is 4.57 Å². The van der Waals surface area contributed by atoms with Crippen molar-refractivity contribution in [1.29, 1.82) is 0 Å². The minimum atomic E-state index is 1.17. The lowest BCUT2D eigenvalue weighted by Gasteiger charge is -2.06. The van der Waals surface area contributed by atoms with Crippen molar-refractivity contribution >= 4 is 0 Å². The van der Waals surface area contributed by atoms with E-state index in [4.69, 9.17) is 0 Å². The van der Waals surface area contributed by atoms with Crippen LogP contribution in [0.5, 0.6) is 0 Å². The molecule has 2 aromatic rings. The Kier molecular flexibility index (Phi) is 13.3. The van der Waals surface area contributed by atoms with Crippen molar-refractivity contribution in [2.75, 3.05) is 0 Å². The Labute approximate surface area is 186 Å². The van der Waals surface area contributed by atoms with Gasteiger partial charge in [0.1, 0.15) is 18.1 Å². The minimum absolute atomic E-state index is 1.17. The third kappa shape index (κ3) is 9.49. The van der Waals surface area contributed by atoms with E-state index in [0.717, 1.165) is 0 Å². The van der Waals surface area contributed by atoms with E-state index in [1.165, 1.54) is 121 Å². The SMILES string of the molecule is CCCCCCCCCCCC[n+]1ccn(-c2ccccc2)c1CCCCCCC. The Bertz CT molecular complexity index is 644. The van der Waals surface area contributed by atoms with Gasteiger partial charge in [-0.1, -0.05) is 109 Å². The van der Waals surface area contributed by atoms with Crippen LogP contribution in [0.2, 0.25) is 0 Å². The highest BCUT2D eigenvalue weighted by molar-refractivity contribution is 5.31. The van der Waals surface area contributed by atoms with Crippen LogP contribution in [0.4, 0.5) is 0 Å². The van der Waals surface area contributed by atoms with Crippen molar-refractivity contribution < 1.29 is 4.57 Å². The molecule has 0 bridgehead atoms. The van der Waals surface area contributed by atoms with Crippen LogP contribution < -0.4 is 4.57 Å². The Balaban J connectivity index is 1.77. The maximum Gasteiger partial charge on any atom is 0.261 e. The maximum absolute atomic E-state index is 2.53. The topological polar surface area (TPSA) is 8.81 Å². The van der Waals surface area contributed by atoms with Crippen LogP contribution in [0, 0.1) is 0 Å². The van der Waals surface area contributed by atoms with E-state index < -0.39 is 0 Å². The Morgan fingerprint density at radius 1 is 0.633 bits per heavy atom. The van der Waals surface area contributed by atoms with Crippen LogP contribution in [-0.2, 0) is 13.0 Å². The Hall–Kier alpha value is -1.57. The zero-order valence-electron chi connectivity index (χ0n) is 20.0. The van der Waals surface area contributed by atoms with Crippen molar-refractivity contribution in [2.24, 2.45) is 0 Å². The molecule has 0 fully saturated rings. The second-order valence-corrected chi connectivity index (χ2v) is 8.96. The van der Waals surface area contributed by atoms with Crippen LogP contribution in [0.25, 0.3) is 5.69 Å². The highest BCUT2D eigenvalue weighted by Gasteiger charge is 2.18. The largest absolute Gasteiger partial charge is 0.261 e. The van der Waals surface area contributed by atoms with Gasteiger partial charge in [0.2, 0.25) is 0 Å².